The van der Waals surface area contributed by atoms with Gasteiger partial charge >= 0.3 is 5.97 Å². The number of aromatic nitrogens is 1. The third-order valence-electron chi connectivity index (χ3n) is 5.98. The van der Waals surface area contributed by atoms with Crippen LogP contribution in [0.1, 0.15) is 29.6 Å². The highest BCUT2D eigenvalue weighted by atomic mass is 32.1. The zero-order valence-corrected chi connectivity index (χ0v) is 19.3. The van der Waals surface area contributed by atoms with Crippen LogP contribution < -0.4 is 5.48 Å². The molecule has 34 heavy (non-hydrogen) atoms. The van der Waals surface area contributed by atoms with E-state index in [9.17, 15) is 9.59 Å². The SMILES string of the molecule is O=C(CC1CCOCC1)ONC(=O)c1ccc2ccc(-c3nc(-c4ccccc4)cs3)cc2c1. The molecule has 7 heteroatoms. The first-order valence-corrected chi connectivity index (χ1v) is 12.2. The van der Waals surface area contributed by atoms with Crippen molar-refractivity contribution in [2.24, 2.45) is 5.92 Å². The van der Waals surface area contributed by atoms with Gasteiger partial charge in [-0.1, -0.05) is 48.5 Å². The molecule has 1 aromatic heterocycles. The highest BCUT2D eigenvalue weighted by Crippen LogP contribution is 2.31. The quantitative estimate of drug-likeness (QED) is 0.381. The van der Waals surface area contributed by atoms with E-state index >= 15 is 0 Å². The summed E-state index contributed by atoms with van der Waals surface area (Å²) in [7, 11) is 0. The molecule has 5 rings (SSSR count). The van der Waals surface area contributed by atoms with Gasteiger partial charge in [0.25, 0.3) is 5.91 Å². The lowest BCUT2D eigenvalue weighted by Gasteiger charge is -2.20. The number of nitrogens with one attached hydrogen (secondary N) is 1. The fourth-order valence-electron chi connectivity index (χ4n) is 4.06. The zero-order chi connectivity index (χ0) is 23.3. The summed E-state index contributed by atoms with van der Waals surface area (Å²) in [5.74, 6) is -0.639. The Morgan fingerprint density at radius 2 is 1.76 bits per heavy atom. The molecule has 0 radical (unpaired) electrons. The van der Waals surface area contributed by atoms with Crippen LogP contribution in [0.2, 0.25) is 0 Å². The Hall–Kier alpha value is -3.55. The number of fused-ring (bicyclic) bond motifs is 1. The number of carbonyl (C=O) groups is 2. The largest absolute Gasteiger partial charge is 0.381 e. The highest BCUT2D eigenvalue weighted by Gasteiger charge is 2.19. The van der Waals surface area contributed by atoms with Crippen molar-refractivity contribution >= 4 is 34.0 Å². The number of hydrogen-bond acceptors (Lipinski definition) is 6. The second-order valence-corrected chi connectivity index (χ2v) is 9.20. The molecule has 1 amide bonds. The van der Waals surface area contributed by atoms with Gasteiger partial charge in [-0.2, -0.15) is 5.48 Å². The number of thiazole rings is 1. The molecule has 1 fully saturated rings. The predicted octanol–water partition coefficient (Wildman–Crippen LogP) is 5.64. The minimum absolute atomic E-state index is 0.241. The topological polar surface area (TPSA) is 77.5 Å². The van der Waals surface area contributed by atoms with Crippen molar-refractivity contribution in [1.29, 1.82) is 0 Å². The first-order valence-electron chi connectivity index (χ1n) is 11.3. The number of amides is 1. The van der Waals surface area contributed by atoms with Crippen LogP contribution in [0, 0.1) is 5.92 Å². The summed E-state index contributed by atoms with van der Waals surface area (Å²) in [4.78, 5) is 34.5. The second kappa shape index (κ2) is 10.2. The van der Waals surface area contributed by atoms with Crippen molar-refractivity contribution in [2.45, 2.75) is 19.3 Å². The maximum Gasteiger partial charge on any atom is 0.332 e. The van der Waals surface area contributed by atoms with Crippen molar-refractivity contribution < 1.29 is 19.2 Å². The second-order valence-electron chi connectivity index (χ2n) is 8.35. The van der Waals surface area contributed by atoms with Gasteiger partial charge in [0, 0.05) is 35.3 Å². The number of hydrogen-bond donors (Lipinski definition) is 1. The van der Waals surface area contributed by atoms with Gasteiger partial charge in [-0.15, -0.1) is 11.3 Å². The molecular weight excluding hydrogens is 448 g/mol. The van der Waals surface area contributed by atoms with E-state index in [1.807, 2.05) is 60.0 Å². The number of nitrogens with zero attached hydrogens (tertiary/aromatic N) is 1. The van der Waals surface area contributed by atoms with Gasteiger partial charge in [0.1, 0.15) is 5.01 Å². The number of carbonyl (C=O) groups excluding carboxylic acids is 2. The molecule has 0 saturated carbocycles. The van der Waals surface area contributed by atoms with Crippen LogP contribution in [0.3, 0.4) is 0 Å². The Bertz CT molecular complexity index is 1310. The predicted molar refractivity (Wildman–Crippen MR) is 132 cm³/mol. The van der Waals surface area contributed by atoms with E-state index in [-0.39, 0.29) is 12.3 Å². The van der Waals surface area contributed by atoms with E-state index in [0.717, 1.165) is 45.4 Å². The van der Waals surface area contributed by atoms with Crippen LogP contribution in [0.15, 0.2) is 72.1 Å². The van der Waals surface area contributed by atoms with Gasteiger partial charge in [-0.3, -0.25) is 4.79 Å². The highest BCUT2D eigenvalue weighted by molar-refractivity contribution is 7.13. The molecule has 4 aromatic rings. The van der Waals surface area contributed by atoms with Crippen molar-refractivity contribution in [3.8, 4) is 21.8 Å². The Labute approximate surface area is 201 Å². The number of benzene rings is 3. The molecule has 0 atom stereocenters. The molecule has 6 nitrogen and oxygen atoms in total. The third-order valence-corrected chi connectivity index (χ3v) is 6.87. The first-order chi connectivity index (χ1) is 16.7. The minimum atomic E-state index is -0.451. The summed E-state index contributed by atoms with van der Waals surface area (Å²) in [5, 5.41) is 4.89. The average Bonchev–Trinajstić information content (AvgIpc) is 3.38. The van der Waals surface area contributed by atoms with Gasteiger partial charge in [0.2, 0.25) is 0 Å². The summed E-state index contributed by atoms with van der Waals surface area (Å²) >= 11 is 1.59. The van der Waals surface area contributed by atoms with Crippen molar-refractivity contribution in [1.82, 2.24) is 10.5 Å². The number of hydroxylamine groups is 1. The fraction of sp³-hybridized carbons (Fsp3) is 0.222. The molecule has 0 bridgehead atoms. The van der Waals surface area contributed by atoms with Crippen LogP contribution in [-0.4, -0.2) is 30.1 Å². The number of ether oxygens (including phenoxy) is 1. The minimum Gasteiger partial charge on any atom is -0.381 e. The van der Waals surface area contributed by atoms with Crippen LogP contribution >= 0.6 is 11.3 Å². The Balaban J connectivity index is 1.28. The molecular formula is C27H24N2O4S. The van der Waals surface area contributed by atoms with Crippen molar-refractivity contribution in [3.63, 3.8) is 0 Å². The van der Waals surface area contributed by atoms with Gasteiger partial charge in [0.15, 0.2) is 0 Å². The molecule has 0 unspecified atom stereocenters. The Kier molecular flexibility index (Phi) is 6.65. The molecule has 0 aliphatic carbocycles. The third kappa shape index (κ3) is 5.16. The van der Waals surface area contributed by atoms with Gasteiger partial charge in [0.05, 0.1) is 12.1 Å². The van der Waals surface area contributed by atoms with E-state index in [1.165, 1.54) is 0 Å². The normalized spacial score (nSPS) is 14.1. The van der Waals surface area contributed by atoms with E-state index in [2.05, 4.69) is 5.48 Å². The summed E-state index contributed by atoms with van der Waals surface area (Å²) in [5.41, 5.74) is 5.72. The summed E-state index contributed by atoms with van der Waals surface area (Å²) in [6.07, 6.45) is 1.95. The molecule has 1 N–H and O–H groups in total. The fourth-order valence-corrected chi connectivity index (χ4v) is 4.89. The Morgan fingerprint density at radius 1 is 0.971 bits per heavy atom. The summed E-state index contributed by atoms with van der Waals surface area (Å²) in [6, 6.07) is 21.6. The van der Waals surface area contributed by atoms with Crippen LogP contribution in [0.25, 0.3) is 32.6 Å². The van der Waals surface area contributed by atoms with Gasteiger partial charge < -0.3 is 9.57 Å². The van der Waals surface area contributed by atoms with Crippen molar-refractivity contribution in [3.05, 3.63) is 77.7 Å². The van der Waals surface area contributed by atoms with Crippen molar-refractivity contribution in [2.75, 3.05) is 13.2 Å². The first kappa shape index (κ1) is 22.3. The molecule has 1 saturated heterocycles. The summed E-state index contributed by atoms with van der Waals surface area (Å²) in [6.45, 7) is 1.33. The van der Waals surface area contributed by atoms with E-state index in [1.54, 1.807) is 23.5 Å². The smallest absolute Gasteiger partial charge is 0.332 e. The van der Waals surface area contributed by atoms with E-state index in [0.29, 0.717) is 18.8 Å². The van der Waals surface area contributed by atoms with E-state index < -0.39 is 11.9 Å². The molecule has 0 spiro atoms. The lowest BCUT2D eigenvalue weighted by molar-refractivity contribution is -0.150. The lowest BCUT2D eigenvalue weighted by Crippen LogP contribution is -2.29. The van der Waals surface area contributed by atoms with E-state index in [4.69, 9.17) is 14.6 Å². The molecule has 1 aliphatic heterocycles. The standard InChI is InChI=1S/C27H24N2O4S/c30-25(14-18-10-12-32-13-11-18)33-29-26(31)21-8-6-19-7-9-22(16-23(19)15-21)27-28-24(17-34-27)20-4-2-1-3-5-20/h1-9,15-18H,10-14H2,(H,29,31). The van der Waals surface area contributed by atoms with Gasteiger partial charge in [-0.05, 0) is 47.7 Å². The van der Waals surface area contributed by atoms with Gasteiger partial charge in [-0.25, -0.2) is 9.78 Å². The molecule has 172 valence electrons. The maximum absolute atomic E-state index is 12.6. The molecule has 1 aliphatic rings. The zero-order valence-electron chi connectivity index (χ0n) is 18.5. The monoisotopic (exact) mass is 472 g/mol. The van der Waals surface area contributed by atoms with Crippen LogP contribution in [-0.2, 0) is 14.4 Å². The molecule has 2 heterocycles. The average molecular weight is 473 g/mol. The maximum atomic E-state index is 12.6. The van der Waals surface area contributed by atoms with Crippen LogP contribution in [0.4, 0.5) is 0 Å². The molecule has 3 aromatic carbocycles. The Morgan fingerprint density at radius 3 is 2.59 bits per heavy atom. The number of rotatable bonds is 5. The summed E-state index contributed by atoms with van der Waals surface area (Å²) < 4.78 is 5.31. The lowest BCUT2D eigenvalue weighted by atomic mass is 9.97. The van der Waals surface area contributed by atoms with Crippen LogP contribution in [0.5, 0.6) is 0 Å².